The Labute approximate surface area is 158 Å². The van der Waals surface area contributed by atoms with E-state index in [-0.39, 0.29) is 12.5 Å². The maximum atomic E-state index is 13.0. The number of carbonyl (C=O) groups is 2. The summed E-state index contributed by atoms with van der Waals surface area (Å²) in [4.78, 5) is 28.0. The Balaban J connectivity index is 2.11. The van der Waals surface area contributed by atoms with Crippen LogP contribution in [0.5, 0.6) is 0 Å². The zero-order chi connectivity index (χ0) is 18.0. The number of halogens is 1. The van der Waals surface area contributed by atoms with E-state index in [2.05, 4.69) is 15.9 Å². The van der Waals surface area contributed by atoms with Crippen molar-refractivity contribution in [3.63, 3.8) is 0 Å². The second-order valence-corrected chi connectivity index (χ2v) is 7.27. The zero-order valence-electron chi connectivity index (χ0n) is 13.8. The van der Waals surface area contributed by atoms with Crippen molar-refractivity contribution in [2.24, 2.45) is 0 Å². The molecule has 0 radical (unpaired) electrons. The van der Waals surface area contributed by atoms with E-state index >= 15 is 0 Å². The number of ether oxygens (including phenoxy) is 1. The molecular formula is C19H16BrNO3S. The highest BCUT2D eigenvalue weighted by Crippen LogP contribution is 2.36. The number of amides is 1. The van der Waals surface area contributed by atoms with Crippen LogP contribution in [-0.2, 0) is 14.3 Å². The van der Waals surface area contributed by atoms with Crippen LogP contribution in [0, 0.1) is 0 Å². The second-order valence-electron chi connectivity index (χ2n) is 5.37. The number of carbonyl (C=O) groups excluding carboxylic acids is 2. The summed E-state index contributed by atoms with van der Waals surface area (Å²) in [7, 11) is 0. The SMILES string of the molecule is CCOC(=O)C1=C(C)N(c2ccc(Br)cc2)C(=O)/C1=C/c1cccs1. The molecular weight excluding hydrogens is 402 g/mol. The lowest BCUT2D eigenvalue weighted by molar-refractivity contribution is -0.138. The average Bonchev–Trinajstić information content (AvgIpc) is 3.17. The van der Waals surface area contributed by atoms with E-state index in [0.29, 0.717) is 22.5 Å². The van der Waals surface area contributed by atoms with Crippen LogP contribution in [0.4, 0.5) is 5.69 Å². The van der Waals surface area contributed by atoms with Crippen LogP contribution in [-0.4, -0.2) is 18.5 Å². The van der Waals surface area contributed by atoms with Crippen molar-refractivity contribution in [2.45, 2.75) is 13.8 Å². The second kappa shape index (κ2) is 7.37. The monoisotopic (exact) mass is 417 g/mol. The molecule has 4 nitrogen and oxygen atoms in total. The van der Waals surface area contributed by atoms with E-state index in [0.717, 1.165) is 9.35 Å². The Hall–Kier alpha value is -2.18. The Morgan fingerprint density at radius 3 is 2.60 bits per heavy atom. The molecule has 1 amide bonds. The van der Waals surface area contributed by atoms with Gasteiger partial charge < -0.3 is 4.74 Å². The fraction of sp³-hybridized carbons (Fsp3) is 0.158. The molecule has 128 valence electrons. The molecule has 1 aliphatic rings. The van der Waals surface area contributed by atoms with Crippen LogP contribution in [0.1, 0.15) is 18.7 Å². The van der Waals surface area contributed by atoms with Crippen molar-refractivity contribution in [3.8, 4) is 0 Å². The Kier molecular flexibility index (Phi) is 5.20. The molecule has 2 aromatic rings. The average molecular weight is 418 g/mol. The lowest BCUT2D eigenvalue weighted by Crippen LogP contribution is -2.24. The van der Waals surface area contributed by atoms with Gasteiger partial charge in [-0.1, -0.05) is 22.0 Å². The van der Waals surface area contributed by atoms with E-state index in [4.69, 9.17) is 4.74 Å². The van der Waals surface area contributed by atoms with Crippen LogP contribution >= 0.6 is 27.3 Å². The first kappa shape index (κ1) is 17.6. The highest BCUT2D eigenvalue weighted by atomic mass is 79.9. The standard InChI is InChI=1S/C19H16BrNO3S/c1-3-24-19(23)17-12(2)21(14-8-6-13(20)7-9-14)18(22)16(17)11-15-5-4-10-25-15/h4-11H,3H2,1-2H3/b16-11+. The van der Waals surface area contributed by atoms with E-state index in [1.165, 1.54) is 11.3 Å². The lowest BCUT2D eigenvalue weighted by Gasteiger charge is -2.17. The Bertz CT molecular complexity index is 867. The Morgan fingerprint density at radius 2 is 2.00 bits per heavy atom. The molecule has 0 unspecified atom stereocenters. The fourth-order valence-corrected chi connectivity index (χ4v) is 3.62. The predicted octanol–water partition coefficient (Wildman–Crippen LogP) is 4.78. The summed E-state index contributed by atoms with van der Waals surface area (Å²) in [6.07, 6.45) is 1.75. The molecule has 0 atom stereocenters. The van der Waals surface area contributed by atoms with Gasteiger partial charge in [0.1, 0.15) is 0 Å². The lowest BCUT2D eigenvalue weighted by atomic mass is 10.1. The third-order valence-corrected chi connectivity index (χ3v) is 5.14. The summed E-state index contributed by atoms with van der Waals surface area (Å²) in [6.45, 7) is 3.77. The molecule has 1 aromatic heterocycles. The summed E-state index contributed by atoms with van der Waals surface area (Å²) < 4.78 is 6.10. The first-order valence-corrected chi connectivity index (χ1v) is 9.43. The van der Waals surface area contributed by atoms with Crippen LogP contribution < -0.4 is 4.90 Å². The van der Waals surface area contributed by atoms with Gasteiger partial charge in [0.25, 0.3) is 5.91 Å². The van der Waals surface area contributed by atoms with Gasteiger partial charge in [0.15, 0.2) is 0 Å². The quantitative estimate of drug-likeness (QED) is 0.531. The molecule has 0 fully saturated rings. The number of nitrogens with zero attached hydrogens (tertiary/aromatic N) is 1. The number of hydrogen-bond acceptors (Lipinski definition) is 4. The molecule has 0 saturated carbocycles. The third-order valence-electron chi connectivity index (χ3n) is 3.79. The number of benzene rings is 1. The van der Waals surface area contributed by atoms with E-state index in [9.17, 15) is 9.59 Å². The van der Waals surface area contributed by atoms with Gasteiger partial charge in [-0.3, -0.25) is 9.69 Å². The van der Waals surface area contributed by atoms with Crippen LogP contribution in [0.25, 0.3) is 6.08 Å². The minimum Gasteiger partial charge on any atom is -0.462 e. The first-order valence-electron chi connectivity index (χ1n) is 7.76. The van der Waals surface area contributed by atoms with Gasteiger partial charge in [-0.2, -0.15) is 0 Å². The largest absolute Gasteiger partial charge is 0.462 e. The highest BCUT2D eigenvalue weighted by Gasteiger charge is 2.38. The maximum absolute atomic E-state index is 13.0. The van der Waals surface area contributed by atoms with E-state index in [1.807, 2.05) is 41.8 Å². The number of hydrogen-bond donors (Lipinski definition) is 0. The molecule has 0 N–H and O–H groups in total. The summed E-state index contributed by atoms with van der Waals surface area (Å²) in [5.74, 6) is -0.702. The van der Waals surface area contributed by atoms with Gasteiger partial charge in [-0.05, 0) is 55.6 Å². The molecule has 0 saturated heterocycles. The van der Waals surface area contributed by atoms with Gasteiger partial charge in [0.05, 0.1) is 17.8 Å². The van der Waals surface area contributed by atoms with Crippen LogP contribution in [0.2, 0.25) is 0 Å². The van der Waals surface area contributed by atoms with E-state index in [1.54, 1.807) is 24.8 Å². The van der Waals surface area contributed by atoms with Crippen molar-refractivity contribution in [1.29, 1.82) is 0 Å². The van der Waals surface area contributed by atoms with Gasteiger partial charge in [0.2, 0.25) is 0 Å². The number of allylic oxidation sites excluding steroid dienone is 1. The minimum absolute atomic E-state index is 0.226. The number of anilines is 1. The van der Waals surface area contributed by atoms with Crippen molar-refractivity contribution < 1.29 is 14.3 Å². The van der Waals surface area contributed by atoms with Crippen molar-refractivity contribution >= 4 is 50.9 Å². The van der Waals surface area contributed by atoms with Gasteiger partial charge in [-0.15, -0.1) is 11.3 Å². The molecule has 6 heteroatoms. The number of esters is 1. The number of thiophene rings is 1. The minimum atomic E-state index is -0.476. The highest BCUT2D eigenvalue weighted by molar-refractivity contribution is 9.10. The van der Waals surface area contributed by atoms with Crippen LogP contribution in [0.15, 0.2) is 63.1 Å². The molecule has 0 bridgehead atoms. The summed E-state index contributed by atoms with van der Waals surface area (Å²) in [5, 5.41) is 1.93. The zero-order valence-corrected chi connectivity index (χ0v) is 16.2. The molecule has 25 heavy (non-hydrogen) atoms. The summed E-state index contributed by atoms with van der Waals surface area (Å²) >= 11 is 4.90. The molecule has 1 aliphatic heterocycles. The van der Waals surface area contributed by atoms with Crippen molar-refractivity contribution in [3.05, 3.63) is 68.0 Å². The van der Waals surface area contributed by atoms with Crippen LogP contribution in [0.3, 0.4) is 0 Å². The molecule has 3 rings (SSSR count). The number of rotatable bonds is 4. The fourth-order valence-electron chi connectivity index (χ4n) is 2.70. The summed E-state index contributed by atoms with van der Waals surface area (Å²) in [5.41, 5.74) is 1.97. The maximum Gasteiger partial charge on any atom is 0.340 e. The van der Waals surface area contributed by atoms with Gasteiger partial charge in [-0.25, -0.2) is 4.79 Å². The molecule has 0 spiro atoms. The molecule has 1 aromatic carbocycles. The van der Waals surface area contributed by atoms with Gasteiger partial charge >= 0.3 is 5.97 Å². The normalized spacial score (nSPS) is 16.0. The first-order chi connectivity index (χ1) is 12.0. The molecule has 0 aliphatic carbocycles. The van der Waals surface area contributed by atoms with E-state index < -0.39 is 5.97 Å². The Morgan fingerprint density at radius 1 is 1.28 bits per heavy atom. The predicted molar refractivity (Wildman–Crippen MR) is 103 cm³/mol. The molecule has 2 heterocycles. The smallest absolute Gasteiger partial charge is 0.340 e. The van der Waals surface area contributed by atoms with Crippen molar-refractivity contribution in [1.82, 2.24) is 0 Å². The summed E-state index contributed by atoms with van der Waals surface area (Å²) in [6, 6.07) is 11.2. The van der Waals surface area contributed by atoms with Crippen molar-refractivity contribution in [2.75, 3.05) is 11.5 Å². The van der Waals surface area contributed by atoms with Gasteiger partial charge in [0, 0.05) is 20.7 Å². The third kappa shape index (κ3) is 3.45. The topological polar surface area (TPSA) is 46.6 Å².